The lowest BCUT2D eigenvalue weighted by atomic mass is 9.88. The quantitative estimate of drug-likeness (QED) is 0.0124. The highest BCUT2D eigenvalue weighted by atomic mass is 16.6. The van der Waals surface area contributed by atoms with Gasteiger partial charge in [0.15, 0.2) is 12.2 Å². The Morgan fingerprint density at radius 3 is 1.51 bits per heavy atom. The van der Waals surface area contributed by atoms with Gasteiger partial charge in [0.25, 0.3) is 0 Å². The maximum Gasteiger partial charge on any atom is 0.304 e. The van der Waals surface area contributed by atoms with E-state index in [9.17, 15) is 15.1 Å². The van der Waals surface area contributed by atoms with Crippen LogP contribution >= 0.6 is 0 Å². The van der Waals surface area contributed by atoms with Crippen LogP contribution in [0.4, 0.5) is 0 Å². The second-order valence-electron chi connectivity index (χ2n) is 17.4. The number of carbonyl (C=O) groups is 2. The van der Waals surface area contributed by atoms with Crippen LogP contribution in [-0.2, 0) is 69.2 Å². The van der Waals surface area contributed by atoms with E-state index >= 15 is 0 Å². The van der Waals surface area contributed by atoms with E-state index in [0.717, 1.165) is 41.5 Å². The van der Waals surface area contributed by atoms with Crippen LogP contribution in [-0.4, -0.2) is 67.3 Å². The Hall–Kier alpha value is -5.51. The van der Waals surface area contributed by atoms with E-state index < -0.39 is 60.7 Å². The molecule has 0 amide bonds. The minimum atomic E-state index is -1.28. The largest absolute Gasteiger partial charge is 0.457 e. The van der Waals surface area contributed by atoms with Gasteiger partial charge in [0.05, 0.1) is 45.2 Å². The van der Waals surface area contributed by atoms with Crippen molar-refractivity contribution < 1.29 is 42.7 Å². The molecule has 1 saturated heterocycles. The summed E-state index contributed by atoms with van der Waals surface area (Å²) in [6, 6.07) is 38.2. The average Bonchev–Trinajstić information content (AvgIpc) is 3.35. The SMILES string of the molecule is CCCCCCCCCCCCC#C[C@@H](OC(C)=O)[C@@H](OC(C)=O)[C@H](C[C@H]1O[C@H](COCc2ccccc2)[C@H](OCc2ccccc2)[C@H](OCc2ccccc2)[C@H]1OCc1ccccc1)N=[N+]=[N-]. The minimum Gasteiger partial charge on any atom is -0.457 e. The molecule has 68 heavy (non-hydrogen) atoms. The van der Waals surface area contributed by atoms with Crippen LogP contribution in [0.2, 0.25) is 0 Å². The van der Waals surface area contributed by atoms with Crippen LogP contribution in [0.15, 0.2) is 126 Å². The second kappa shape index (κ2) is 31.5. The van der Waals surface area contributed by atoms with Gasteiger partial charge in [-0.05, 0) is 40.6 Å². The fourth-order valence-corrected chi connectivity index (χ4v) is 8.39. The smallest absolute Gasteiger partial charge is 0.304 e. The van der Waals surface area contributed by atoms with Gasteiger partial charge in [-0.3, -0.25) is 9.59 Å². The van der Waals surface area contributed by atoms with E-state index in [0.29, 0.717) is 13.0 Å². The Kier molecular flexibility index (Phi) is 24.8. The first kappa shape index (κ1) is 53.4. The van der Waals surface area contributed by atoms with Gasteiger partial charge >= 0.3 is 11.9 Å². The molecule has 0 aromatic heterocycles. The van der Waals surface area contributed by atoms with E-state index in [-0.39, 0.29) is 32.8 Å². The lowest BCUT2D eigenvalue weighted by Crippen LogP contribution is -2.62. The Labute approximate surface area is 404 Å². The first-order chi connectivity index (χ1) is 33.3. The third-order valence-corrected chi connectivity index (χ3v) is 11.8. The fourth-order valence-electron chi connectivity index (χ4n) is 8.39. The number of hydrogen-bond acceptors (Lipinski definition) is 10. The highest BCUT2D eigenvalue weighted by molar-refractivity contribution is 5.68. The number of azide groups is 1. The third kappa shape index (κ3) is 19.6. The van der Waals surface area contributed by atoms with E-state index in [4.69, 9.17) is 33.2 Å². The summed E-state index contributed by atoms with van der Waals surface area (Å²) in [5.74, 6) is 4.96. The molecular weight excluding hydrogens is 859 g/mol. The van der Waals surface area contributed by atoms with Crippen LogP contribution in [0.25, 0.3) is 10.4 Å². The number of benzene rings is 4. The normalized spacial score (nSPS) is 19.1. The molecule has 0 aliphatic carbocycles. The average molecular weight is 930 g/mol. The van der Waals surface area contributed by atoms with E-state index in [1.54, 1.807) is 0 Å². The summed E-state index contributed by atoms with van der Waals surface area (Å²) in [4.78, 5) is 28.8. The maximum absolute atomic E-state index is 12.9. The van der Waals surface area contributed by atoms with Crippen LogP contribution in [0.3, 0.4) is 0 Å². The zero-order chi connectivity index (χ0) is 48.0. The standard InChI is InChI=1S/C56H71N3O9/c1-4-5-6-7-8-9-10-11-12-13-14-27-36-50(66-43(2)60)53(67-44(3)61)49(58-59-57)37-51-54(63-39-46-30-21-16-22-31-46)56(65-41-48-34-25-18-26-35-48)55(64-40-47-32-23-17-24-33-47)52(68-51)42-62-38-45-28-19-15-20-29-45/h15-26,28-35,49-56H,4-14,37-42H2,1-3H3/t49-,50+,51+,52+,53-,54-,55-,56+/m0/s1. The Balaban J connectivity index is 1.47. The number of carbonyl (C=O) groups excluding carboxylic acids is 2. The predicted molar refractivity (Wildman–Crippen MR) is 263 cm³/mol. The van der Waals surface area contributed by atoms with Crippen molar-refractivity contribution in [2.45, 2.75) is 173 Å². The van der Waals surface area contributed by atoms with Crippen LogP contribution in [0.5, 0.6) is 0 Å². The van der Waals surface area contributed by atoms with Crippen molar-refractivity contribution in [1.82, 2.24) is 0 Å². The van der Waals surface area contributed by atoms with Crippen molar-refractivity contribution in [2.75, 3.05) is 6.61 Å². The molecule has 0 N–H and O–H groups in total. The summed E-state index contributed by atoms with van der Waals surface area (Å²) in [6.07, 6.45) is 6.01. The molecule has 0 unspecified atom stereocenters. The zero-order valence-corrected chi connectivity index (χ0v) is 40.2. The molecule has 1 fully saturated rings. The summed E-state index contributed by atoms with van der Waals surface area (Å²) < 4.78 is 45.7. The Morgan fingerprint density at radius 1 is 0.603 bits per heavy atom. The molecule has 12 nitrogen and oxygen atoms in total. The molecule has 8 atom stereocenters. The Bertz CT molecular complexity index is 2110. The van der Waals surface area contributed by atoms with Gasteiger partial charge in [-0.25, -0.2) is 0 Å². The molecule has 12 heteroatoms. The number of nitrogens with zero attached hydrogens (tertiary/aromatic N) is 3. The first-order valence-electron chi connectivity index (χ1n) is 24.4. The summed E-state index contributed by atoms with van der Waals surface area (Å²) >= 11 is 0. The summed E-state index contributed by atoms with van der Waals surface area (Å²) in [5.41, 5.74) is 13.9. The van der Waals surface area contributed by atoms with Gasteiger partial charge in [0, 0.05) is 25.2 Å². The molecule has 4 aromatic rings. The van der Waals surface area contributed by atoms with Crippen molar-refractivity contribution in [3.8, 4) is 11.8 Å². The predicted octanol–water partition coefficient (Wildman–Crippen LogP) is 12.0. The number of unbranched alkanes of at least 4 members (excludes halogenated alkanes) is 10. The third-order valence-electron chi connectivity index (χ3n) is 11.8. The van der Waals surface area contributed by atoms with Gasteiger partial charge in [-0.1, -0.05) is 203 Å². The second-order valence-corrected chi connectivity index (χ2v) is 17.4. The molecule has 0 spiro atoms. The Morgan fingerprint density at radius 2 is 1.04 bits per heavy atom. The molecule has 0 radical (unpaired) electrons. The lowest BCUT2D eigenvalue weighted by Gasteiger charge is -2.47. The van der Waals surface area contributed by atoms with Crippen molar-refractivity contribution in [2.24, 2.45) is 5.11 Å². The topological polar surface area (TPSA) is 148 Å². The highest BCUT2D eigenvalue weighted by Crippen LogP contribution is 2.34. The van der Waals surface area contributed by atoms with Crippen LogP contribution in [0.1, 0.15) is 120 Å². The molecule has 364 valence electrons. The summed E-state index contributed by atoms with van der Waals surface area (Å²) in [6.45, 7) is 5.86. The van der Waals surface area contributed by atoms with Gasteiger partial charge in [0.1, 0.15) is 24.4 Å². The number of ether oxygens (including phenoxy) is 7. The number of hydrogen-bond donors (Lipinski definition) is 0. The lowest BCUT2D eigenvalue weighted by molar-refractivity contribution is -0.275. The van der Waals surface area contributed by atoms with Gasteiger partial charge in [0.2, 0.25) is 0 Å². The van der Waals surface area contributed by atoms with E-state index in [1.807, 2.05) is 121 Å². The summed E-state index contributed by atoms with van der Waals surface area (Å²) in [7, 11) is 0. The molecule has 5 rings (SSSR count). The molecule has 0 saturated carbocycles. The molecule has 1 aliphatic heterocycles. The monoisotopic (exact) mass is 930 g/mol. The van der Waals surface area contributed by atoms with Crippen molar-refractivity contribution >= 4 is 11.9 Å². The van der Waals surface area contributed by atoms with Crippen molar-refractivity contribution in [1.29, 1.82) is 0 Å². The molecule has 4 aromatic carbocycles. The van der Waals surface area contributed by atoms with E-state index in [1.165, 1.54) is 58.8 Å². The minimum absolute atomic E-state index is 0.0366. The van der Waals surface area contributed by atoms with Crippen molar-refractivity contribution in [3.05, 3.63) is 154 Å². The molecule has 1 aliphatic rings. The van der Waals surface area contributed by atoms with E-state index in [2.05, 4.69) is 28.8 Å². The maximum atomic E-state index is 12.9. The van der Waals surface area contributed by atoms with Crippen molar-refractivity contribution in [3.63, 3.8) is 0 Å². The number of rotatable bonds is 30. The van der Waals surface area contributed by atoms with Crippen LogP contribution in [0, 0.1) is 11.8 Å². The number of esters is 2. The van der Waals surface area contributed by atoms with Gasteiger partial charge in [-0.15, -0.1) is 0 Å². The zero-order valence-electron chi connectivity index (χ0n) is 40.2. The molecule has 0 bridgehead atoms. The summed E-state index contributed by atoms with van der Waals surface area (Å²) in [5, 5.41) is 4.21. The van der Waals surface area contributed by atoms with Crippen LogP contribution < -0.4 is 0 Å². The molecule has 1 heterocycles. The first-order valence-corrected chi connectivity index (χ1v) is 24.4. The molecular formula is C56H71N3O9. The fraction of sp³-hybridized carbons (Fsp3) is 0.500. The van der Waals surface area contributed by atoms with Gasteiger partial charge in [-0.2, -0.15) is 0 Å². The van der Waals surface area contributed by atoms with Gasteiger partial charge < -0.3 is 33.2 Å². The highest BCUT2D eigenvalue weighted by Gasteiger charge is 2.50.